The van der Waals surface area contributed by atoms with Gasteiger partial charge in [0.15, 0.2) is 0 Å². The van der Waals surface area contributed by atoms with Gasteiger partial charge in [0.1, 0.15) is 56.9 Å². The van der Waals surface area contributed by atoms with E-state index in [2.05, 4.69) is 51.8 Å². The minimum Gasteiger partial charge on any atom is -0.497 e. The van der Waals surface area contributed by atoms with Crippen LogP contribution in [0.15, 0.2) is 172 Å². The van der Waals surface area contributed by atoms with Crippen LogP contribution in [0.1, 0.15) is 78.9 Å². The number of benzene rings is 8. The predicted octanol–water partition coefficient (Wildman–Crippen LogP) is 16.8. The van der Waals surface area contributed by atoms with E-state index in [1.54, 1.807) is 98.8 Å². The zero-order valence-corrected chi connectivity index (χ0v) is 58.1. The molecule has 490 valence electrons. The van der Waals surface area contributed by atoms with E-state index in [4.69, 9.17) is 51.6 Å². The van der Waals surface area contributed by atoms with Gasteiger partial charge in [0.2, 0.25) is 11.9 Å². The van der Waals surface area contributed by atoms with Crippen molar-refractivity contribution in [2.75, 3.05) is 56.7 Å². The van der Waals surface area contributed by atoms with Crippen LogP contribution in [0.2, 0.25) is 10.0 Å². The Morgan fingerprint density at radius 2 is 0.979 bits per heavy atom. The van der Waals surface area contributed by atoms with Gasteiger partial charge in [0, 0.05) is 64.6 Å². The maximum Gasteiger partial charge on any atom is 0.338 e. The smallest absolute Gasteiger partial charge is 0.338 e. The molecule has 0 radical (unpaired) electrons. The molecule has 0 bridgehead atoms. The van der Waals surface area contributed by atoms with E-state index in [0.717, 1.165) is 50.4 Å². The van der Waals surface area contributed by atoms with Crippen LogP contribution in [0, 0.1) is 11.6 Å². The number of carbonyl (C=O) groups excluding carboxylic acids is 2. The Bertz CT molecular complexity index is 4450. The normalized spacial score (nSPS) is 11.2. The number of hydrogen-bond acceptors (Lipinski definition) is 14. The summed E-state index contributed by atoms with van der Waals surface area (Å²) in [4.78, 5) is 68.3. The lowest BCUT2D eigenvalue weighted by Gasteiger charge is -2.20. The third kappa shape index (κ3) is 19.2. The zero-order chi connectivity index (χ0) is 68.0. The van der Waals surface area contributed by atoms with E-state index in [1.165, 1.54) is 18.2 Å². The van der Waals surface area contributed by atoms with Crippen molar-refractivity contribution >= 4 is 101 Å². The molecule has 10 rings (SSSR count). The Morgan fingerprint density at radius 3 is 1.41 bits per heavy atom. The van der Waals surface area contributed by atoms with Crippen molar-refractivity contribution < 1.29 is 46.8 Å². The standard InChI is InChI=1S/C36H35ClFN3O5.C19H20BrClO3.C17H15BrFN3O2/c1-36(2,3)46-34(43)25-8-6-7-24(19-25)28-20-26(37)12-16-30(28)45-18-17-23-11-15-29(38)32-31(23)33(42)40-35(39-32)41(4)21-22-9-13-27(44-5)14-10-22;1-19(2,3)24-18(22)14-6-4-5-13(11-14)16-12-15(21)7-8-17(16)23-10-9-20;1-22(9-10-3-5-11(24-2)6-4-10)17-20-15-13(19)8-7-12(18)14(15)16(23)21-17/h6-16,19-20H,17-18,21H2,1-5H3,(H,39,40,42);4-8,11-12H,9-10H2,1-3H3;3-8H,9H2,1-2H3,(H,20,21,23). The fraction of sp³-hybridized carbons (Fsp3) is 0.250. The summed E-state index contributed by atoms with van der Waals surface area (Å²) < 4.78 is 62.8. The van der Waals surface area contributed by atoms with E-state index >= 15 is 4.39 Å². The number of H-pyrrole nitrogens is 2. The Balaban J connectivity index is 0.000000199. The molecule has 0 atom stereocenters. The van der Waals surface area contributed by atoms with Crippen LogP contribution in [-0.2, 0) is 29.0 Å². The molecule has 22 heteroatoms. The summed E-state index contributed by atoms with van der Waals surface area (Å²) in [6.45, 7) is 12.6. The minimum absolute atomic E-state index is 0.0102. The summed E-state index contributed by atoms with van der Waals surface area (Å²) in [6.07, 6.45) is 0.308. The minimum atomic E-state index is -0.631. The van der Waals surface area contributed by atoms with Gasteiger partial charge in [-0.1, -0.05) is 93.7 Å². The van der Waals surface area contributed by atoms with Crippen LogP contribution in [-0.4, -0.2) is 89.9 Å². The average Bonchev–Trinajstić information content (AvgIpc) is 0.797. The quantitative estimate of drug-likeness (QED) is 0.0575. The number of ether oxygens (including phenoxy) is 6. The molecule has 0 unspecified atom stereocenters. The molecule has 2 aromatic heterocycles. The number of anilines is 2. The molecule has 94 heavy (non-hydrogen) atoms. The summed E-state index contributed by atoms with van der Waals surface area (Å²) in [5, 5.41) is 2.22. The van der Waals surface area contributed by atoms with Crippen LogP contribution in [0.4, 0.5) is 20.7 Å². The molecule has 0 aliphatic carbocycles. The first-order chi connectivity index (χ1) is 44.7. The van der Waals surface area contributed by atoms with Crippen LogP contribution >= 0.6 is 55.1 Å². The Labute approximate surface area is 570 Å². The van der Waals surface area contributed by atoms with E-state index in [-0.39, 0.29) is 45.9 Å². The molecule has 10 aromatic rings. The van der Waals surface area contributed by atoms with Crippen molar-refractivity contribution in [2.24, 2.45) is 0 Å². The lowest BCUT2D eigenvalue weighted by Crippen LogP contribution is -2.23. The summed E-state index contributed by atoms with van der Waals surface area (Å²) in [6, 6.07) is 45.7. The number of methoxy groups -OCH3 is 2. The monoisotopic (exact) mass is 1440 g/mol. The van der Waals surface area contributed by atoms with Gasteiger partial charge < -0.3 is 38.2 Å². The highest BCUT2D eigenvalue weighted by molar-refractivity contribution is 9.10. The second kappa shape index (κ2) is 31.9. The van der Waals surface area contributed by atoms with Gasteiger partial charge in [-0.05, 0) is 188 Å². The maximum atomic E-state index is 15.0. The molecule has 0 spiro atoms. The number of aromatic nitrogens is 4. The van der Waals surface area contributed by atoms with Gasteiger partial charge in [-0.15, -0.1) is 0 Å². The summed E-state index contributed by atoms with van der Waals surface area (Å²) in [7, 11) is 6.77. The van der Waals surface area contributed by atoms with Crippen LogP contribution in [0.3, 0.4) is 0 Å². The van der Waals surface area contributed by atoms with Crippen molar-refractivity contribution in [3.63, 3.8) is 0 Å². The van der Waals surface area contributed by atoms with Gasteiger partial charge in [-0.25, -0.2) is 28.3 Å². The number of hydrogen-bond donors (Lipinski definition) is 2. The predicted molar refractivity (Wildman–Crippen MR) is 375 cm³/mol. The van der Waals surface area contributed by atoms with Crippen LogP contribution in [0.25, 0.3) is 44.1 Å². The maximum absolute atomic E-state index is 15.0. The second-order valence-electron chi connectivity index (χ2n) is 23.5. The van der Waals surface area contributed by atoms with E-state index in [9.17, 15) is 23.6 Å². The first-order valence-electron chi connectivity index (χ1n) is 29.6. The summed E-state index contributed by atoms with van der Waals surface area (Å²) in [5.74, 6) is 1.41. The fourth-order valence-electron chi connectivity index (χ4n) is 9.59. The molecule has 0 amide bonds. The number of rotatable bonds is 19. The largest absolute Gasteiger partial charge is 0.497 e. The average molecular weight is 1450 g/mol. The molecule has 8 aromatic carbocycles. The summed E-state index contributed by atoms with van der Waals surface area (Å²) in [5.41, 5.74) is 4.61. The topological polar surface area (TPSA) is 187 Å². The van der Waals surface area contributed by atoms with Crippen molar-refractivity contribution in [1.29, 1.82) is 0 Å². The van der Waals surface area contributed by atoms with E-state index in [0.29, 0.717) is 74.6 Å². The molecular weight excluding hydrogens is 1380 g/mol. The first-order valence-corrected chi connectivity index (χ1v) is 32.2. The van der Waals surface area contributed by atoms with Gasteiger partial charge in [0.25, 0.3) is 11.1 Å². The molecule has 0 aliphatic rings. The number of nitrogens with zero attached hydrogens (tertiary/aromatic N) is 4. The third-order valence-corrected chi connectivity index (χ3v) is 15.4. The van der Waals surface area contributed by atoms with Crippen molar-refractivity contribution in [3.05, 3.63) is 232 Å². The Morgan fingerprint density at radius 1 is 0.553 bits per heavy atom. The molecular formula is C72H70Br2Cl2F2N6O10. The molecule has 16 nitrogen and oxygen atoms in total. The molecule has 0 fully saturated rings. The Kier molecular flexibility index (Phi) is 24.1. The number of halogens is 6. The van der Waals surface area contributed by atoms with Crippen molar-refractivity contribution in [1.82, 2.24) is 19.9 Å². The van der Waals surface area contributed by atoms with E-state index in [1.807, 2.05) is 120 Å². The SMILES string of the molecule is CC(C)(C)OC(=O)c1cccc(-c2cc(Cl)ccc2OCCBr)c1.COc1ccc(CN(C)c2nc3c(F)ccc(Br)c3c(=O)[nH]2)cc1.COc1ccc(CN(C)c2nc3c(F)ccc(CCOc4ccc(Cl)cc4-c4cccc(C(=O)OC(C)(C)C)c4)c3c(=O)[nH]2)cc1. The van der Waals surface area contributed by atoms with Crippen LogP contribution in [0.5, 0.6) is 23.0 Å². The number of nitrogens with one attached hydrogen (secondary N) is 2. The summed E-state index contributed by atoms with van der Waals surface area (Å²) >= 11 is 19.1. The highest BCUT2D eigenvalue weighted by Gasteiger charge is 2.22. The molecule has 0 saturated heterocycles. The number of aromatic amines is 2. The fourth-order valence-corrected chi connectivity index (χ4v) is 10.6. The number of alkyl halides is 1. The van der Waals surface area contributed by atoms with Crippen molar-refractivity contribution in [2.45, 2.75) is 72.3 Å². The molecule has 0 aliphatic heterocycles. The number of fused-ring (bicyclic) bond motifs is 2. The van der Waals surface area contributed by atoms with Gasteiger partial charge >= 0.3 is 11.9 Å². The van der Waals surface area contributed by atoms with Gasteiger partial charge in [-0.2, -0.15) is 0 Å². The number of esters is 2. The number of carbonyl (C=O) groups is 2. The lowest BCUT2D eigenvalue weighted by atomic mass is 10.0. The zero-order valence-electron chi connectivity index (χ0n) is 53.4. The molecule has 2 N–H and O–H groups in total. The lowest BCUT2D eigenvalue weighted by molar-refractivity contribution is 0.00571. The molecule has 2 heterocycles. The van der Waals surface area contributed by atoms with Gasteiger partial charge in [0.05, 0.1) is 49.3 Å². The highest BCUT2D eigenvalue weighted by atomic mass is 79.9. The highest BCUT2D eigenvalue weighted by Crippen LogP contribution is 2.36. The van der Waals surface area contributed by atoms with Crippen LogP contribution < -0.4 is 39.9 Å². The van der Waals surface area contributed by atoms with Gasteiger partial charge in [-0.3, -0.25) is 19.6 Å². The first kappa shape index (κ1) is 71.0. The second-order valence-corrected chi connectivity index (χ2v) is 26.0. The Hall–Kier alpha value is -8.82. The van der Waals surface area contributed by atoms with E-state index < -0.39 is 34.4 Å². The molecule has 0 saturated carbocycles. The van der Waals surface area contributed by atoms with Crippen molar-refractivity contribution in [3.8, 4) is 45.3 Å². The third-order valence-electron chi connectivity index (χ3n) is 14.0.